The molecule has 1 aromatic carbocycles. The van der Waals surface area contributed by atoms with Gasteiger partial charge in [-0.15, -0.1) is 0 Å². The molecule has 0 radical (unpaired) electrons. The van der Waals surface area contributed by atoms with Crippen LogP contribution in [-0.4, -0.2) is 15.6 Å². The summed E-state index contributed by atoms with van der Waals surface area (Å²) < 4.78 is 5.62. The van der Waals surface area contributed by atoms with Crippen molar-refractivity contribution in [2.75, 3.05) is 6.26 Å². The fraction of sp³-hybridized carbons (Fsp3) is 0.222. The third-order valence-corrected chi connectivity index (χ3v) is 2.71. The first-order valence-electron chi connectivity index (χ1n) is 4.07. The lowest BCUT2D eigenvalue weighted by molar-refractivity contribution is -0.384. The Morgan fingerprint density at radius 1 is 1.67 bits per heavy atom. The van der Waals surface area contributed by atoms with E-state index in [0.29, 0.717) is 4.38 Å². The first-order chi connectivity index (χ1) is 7.13. The zero-order valence-corrected chi connectivity index (χ0v) is 9.64. The highest BCUT2D eigenvalue weighted by atomic mass is 32.2. The lowest BCUT2D eigenvalue weighted by atomic mass is 10.2. The van der Waals surface area contributed by atoms with Crippen molar-refractivity contribution in [3.63, 3.8) is 0 Å². The Balaban J connectivity index is 2.66. The molecule has 80 valence electrons. The third-order valence-electron chi connectivity index (χ3n) is 1.64. The van der Waals surface area contributed by atoms with Crippen LogP contribution in [0.4, 0.5) is 5.69 Å². The zero-order chi connectivity index (χ0) is 11.3. The van der Waals surface area contributed by atoms with Gasteiger partial charge in [-0.1, -0.05) is 23.9 Å². The van der Waals surface area contributed by atoms with E-state index in [0.717, 1.165) is 5.56 Å². The summed E-state index contributed by atoms with van der Waals surface area (Å²) in [4.78, 5) is 10.0. The average molecular weight is 243 g/mol. The molecule has 4 nitrogen and oxygen atoms in total. The second-order valence-electron chi connectivity index (χ2n) is 2.67. The highest BCUT2D eigenvalue weighted by molar-refractivity contribution is 8.22. The molecule has 1 aromatic rings. The lowest BCUT2D eigenvalue weighted by Gasteiger charge is -2.04. The Kier molecular flexibility index (Phi) is 4.51. The van der Waals surface area contributed by atoms with E-state index in [2.05, 4.69) is 0 Å². The van der Waals surface area contributed by atoms with Gasteiger partial charge in [-0.05, 0) is 24.0 Å². The molecule has 0 aliphatic rings. The van der Waals surface area contributed by atoms with Crippen LogP contribution >= 0.6 is 24.0 Å². The van der Waals surface area contributed by atoms with Gasteiger partial charge in [0, 0.05) is 12.1 Å². The first kappa shape index (κ1) is 11.9. The zero-order valence-electron chi connectivity index (χ0n) is 8.00. The van der Waals surface area contributed by atoms with Gasteiger partial charge in [0.05, 0.1) is 4.92 Å². The predicted molar refractivity (Wildman–Crippen MR) is 64.0 cm³/mol. The molecular weight excluding hydrogens is 234 g/mol. The quantitative estimate of drug-likeness (QED) is 0.464. The first-order valence-corrected chi connectivity index (χ1v) is 5.71. The van der Waals surface area contributed by atoms with Crippen molar-refractivity contribution in [1.82, 2.24) is 0 Å². The number of nitro benzene ring substituents is 1. The molecule has 0 atom stereocenters. The van der Waals surface area contributed by atoms with Crippen molar-refractivity contribution in [2.24, 2.45) is 0 Å². The molecule has 0 saturated heterocycles. The normalized spacial score (nSPS) is 9.67. The molecular formula is C9H9NO3S2. The van der Waals surface area contributed by atoms with Crippen molar-refractivity contribution in [1.29, 1.82) is 0 Å². The van der Waals surface area contributed by atoms with Crippen LogP contribution in [0.2, 0.25) is 0 Å². The molecule has 1 rings (SSSR count). The average Bonchev–Trinajstić information content (AvgIpc) is 2.26. The van der Waals surface area contributed by atoms with Crippen LogP contribution in [-0.2, 0) is 11.3 Å². The van der Waals surface area contributed by atoms with Crippen LogP contribution in [0.3, 0.4) is 0 Å². The summed E-state index contributed by atoms with van der Waals surface area (Å²) in [7, 11) is 0. The Hall–Kier alpha value is -1.14. The molecule has 15 heavy (non-hydrogen) atoms. The Morgan fingerprint density at radius 3 is 3.00 bits per heavy atom. The maximum absolute atomic E-state index is 10.5. The van der Waals surface area contributed by atoms with Crippen LogP contribution in [0.25, 0.3) is 0 Å². The fourth-order valence-corrected chi connectivity index (χ4v) is 1.20. The van der Waals surface area contributed by atoms with E-state index in [4.69, 9.17) is 17.0 Å². The number of hydrogen-bond donors (Lipinski definition) is 0. The molecule has 0 bridgehead atoms. The van der Waals surface area contributed by atoms with E-state index in [1.165, 1.54) is 23.9 Å². The van der Waals surface area contributed by atoms with Crippen LogP contribution in [0.5, 0.6) is 0 Å². The maximum Gasteiger partial charge on any atom is 0.269 e. The number of rotatable bonds is 3. The van der Waals surface area contributed by atoms with Crippen LogP contribution in [0, 0.1) is 10.1 Å². The van der Waals surface area contributed by atoms with Crippen molar-refractivity contribution < 1.29 is 9.66 Å². The highest BCUT2D eigenvalue weighted by Crippen LogP contribution is 2.14. The number of thiocarbonyl (C=S) groups is 1. The number of nitrogens with zero attached hydrogens (tertiary/aromatic N) is 1. The number of ether oxygens (including phenoxy) is 1. The number of benzene rings is 1. The number of hydrogen-bond acceptors (Lipinski definition) is 5. The molecule has 0 saturated carbocycles. The molecule has 0 amide bonds. The SMILES string of the molecule is CSC(=S)OCc1cccc([N+](=O)[O-])c1. The van der Waals surface area contributed by atoms with Gasteiger partial charge in [-0.3, -0.25) is 10.1 Å². The van der Waals surface area contributed by atoms with E-state index >= 15 is 0 Å². The van der Waals surface area contributed by atoms with Gasteiger partial charge in [-0.25, -0.2) is 0 Å². The van der Waals surface area contributed by atoms with Gasteiger partial charge in [-0.2, -0.15) is 0 Å². The minimum atomic E-state index is -0.434. The standard InChI is InChI=1S/C9H9NO3S2/c1-15-9(14)13-6-7-3-2-4-8(5-7)10(11)12/h2-5H,6H2,1H3. The van der Waals surface area contributed by atoms with Crippen molar-refractivity contribution >= 4 is 34.0 Å². The maximum atomic E-state index is 10.5. The summed E-state index contributed by atoms with van der Waals surface area (Å²) in [5.41, 5.74) is 0.798. The van der Waals surface area contributed by atoms with Gasteiger partial charge in [0.25, 0.3) is 5.69 Å². The summed E-state index contributed by atoms with van der Waals surface area (Å²) in [6.07, 6.45) is 1.82. The van der Waals surface area contributed by atoms with E-state index in [1.54, 1.807) is 12.1 Å². The molecule has 0 N–H and O–H groups in total. The second-order valence-corrected chi connectivity index (χ2v) is 4.08. The summed E-state index contributed by atoms with van der Waals surface area (Å²) in [5.74, 6) is 0. The summed E-state index contributed by atoms with van der Waals surface area (Å²) >= 11 is 6.18. The van der Waals surface area contributed by atoms with E-state index in [1.807, 2.05) is 6.26 Å². The van der Waals surface area contributed by atoms with Gasteiger partial charge in [0.15, 0.2) is 0 Å². The van der Waals surface area contributed by atoms with Crippen LogP contribution in [0.1, 0.15) is 5.56 Å². The third kappa shape index (κ3) is 3.85. The minimum Gasteiger partial charge on any atom is -0.474 e. The topological polar surface area (TPSA) is 52.4 Å². The second kappa shape index (κ2) is 5.67. The molecule has 0 heterocycles. The van der Waals surface area contributed by atoms with Crippen LogP contribution in [0.15, 0.2) is 24.3 Å². The van der Waals surface area contributed by atoms with Gasteiger partial charge < -0.3 is 4.74 Å². The van der Waals surface area contributed by atoms with Crippen molar-refractivity contribution in [2.45, 2.75) is 6.61 Å². The van der Waals surface area contributed by atoms with E-state index in [9.17, 15) is 10.1 Å². The van der Waals surface area contributed by atoms with Gasteiger partial charge in [0.1, 0.15) is 6.61 Å². The predicted octanol–water partition coefficient (Wildman–Crippen LogP) is 2.76. The van der Waals surface area contributed by atoms with Gasteiger partial charge in [0.2, 0.25) is 4.38 Å². The summed E-state index contributed by atoms with van der Waals surface area (Å²) in [6.45, 7) is 0.265. The number of nitro groups is 1. The Bertz CT molecular complexity index is 381. The fourth-order valence-electron chi connectivity index (χ4n) is 0.961. The van der Waals surface area contributed by atoms with Crippen molar-refractivity contribution in [3.8, 4) is 0 Å². The number of non-ortho nitro benzene ring substituents is 1. The van der Waals surface area contributed by atoms with Crippen molar-refractivity contribution in [3.05, 3.63) is 39.9 Å². The largest absolute Gasteiger partial charge is 0.474 e. The molecule has 0 spiro atoms. The number of thioether (sulfide) groups is 1. The van der Waals surface area contributed by atoms with E-state index < -0.39 is 4.92 Å². The molecule has 6 heteroatoms. The lowest BCUT2D eigenvalue weighted by Crippen LogP contribution is -1.97. The molecule has 0 aliphatic carbocycles. The smallest absolute Gasteiger partial charge is 0.269 e. The summed E-state index contributed by atoms with van der Waals surface area (Å²) in [5, 5.41) is 10.5. The Labute approximate surface area is 96.8 Å². The minimum absolute atomic E-state index is 0.0613. The van der Waals surface area contributed by atoms with Gasteiger partial charge >= 0.3 is 0 Å². The van der Waals surface area contributed by atoms with E-state index in [-0.39, 0.29) is 12.3 Å². The molecule has 0 unspecified atom stereocenters. The highest BCUT2D eigenvalue weighted by Gasteiger charge is 2.06. The molecule has 0 aromatic heterocycles. The monoisotopic (exact) mass is 243 g/mol. The molecule has 0 fully saturated rings. The Morgan fingerprint density at radius 2 is 2.40 bits per heavy atom. The van der Waals surface area contributed by atoms with Crippen LogP contribution < -0.4 is 0 Å². The summed E-state index contributed by atoms with van der Waals surface area (Å²) in [6, 6.07) is 6.30. The molecule has 0 aliphatic heterocycles.